The summed E-state index contributed by atoms with van der Waals surface area (Å²) in [7, 11) is 0. The Morgan fingerprint density at radius 3 is 2.79 bits per heavy atom. The van der Waals surface area contributed by atoms with Crippen LogP contribution in [0.5, 0.6) is 0 Å². The number of nitrogens with zero attached hydrogens (tertiary/aromatic N) is 3. The van der Waals surface area contributed by atoms with E-state index in [2.05, 4.69) is 36.7 Å². The van der Waals surface area contributed by atoms with Crippen LogP contribution in [0.15, 0.2) is 17.5 Å². The molecule has 1 N–H and O–H groups in total. The van der Waals surface area contributed by atoms with Crippen LogP contribution in [0.1, 0.15) is 30.3 Å². The highest BCUT2D eigenvalue weighted by Gasteiger charge is 2.18. The van der Waals surface area contributed by atoms with Gasteiger partial charge in [0.05, 0.1) is 11.3 Å². The van der Waals surface area contributed by atoms with Gasteiger partial charge in [-0.15, -0.1) is 11.3 Å². The Bertz CT molecular complexity index is 824. The van der Waals surface area contributed by atoms with Crippen LogP contribution in [0.2, 0.25) is 0 Å². The standard InChI is InChI=1S/C18H24N4OS/c1-5-23-10-7-9-19-17-12(2)13(3)20-18-16(14(4)21-22(17)18)15-8-6-11-24-15/h6,8,11,19H,5,7,9-10H2,1-4H3. The van der Waals surface area contributed by atoms with Crippen LogP contribution in [-0.4, -0.2) is 34.4 Å². The summed E-state index contributed by atoms with van der Waals surface area (Å²) in [5.74, 6) is 1.03. The SMILES string of the molecule is CCOCCCNc1c(C)c(C)nc2c(-c3cccs3)c(C)nn12. The van der Waals surface area contributed by atoms with Gasteiger partial charge in [0, 0.05) is 35.9 Å². The second kappa shape index (κ2) is 7.32. The molecular weight excluding hydrogens is 320 g/mol. The summed E-state index contributed by atoms with van der Waals surface area (Å²) in [6, 6.07) is 4.19. The van der Waals surface area contributed by atoms with Crippen LogP contribution < -0.4 is 5.32 Å². The molecule has 3 aromatic heterocycles. The third-order valence-electron chi connectivity index (χ3n) is 4.15. The summed E-state index contributed by atoms with van der Waals surface area (Å²) in [5.41, 5.74) is 5.23. The summed E-state index contributed by atoms with van der Waals surface area (Å²) in [4.78, 5) is 6.02. The van der Waals surface area contributed by atoms with Gasteiger partial charge in [0.2, 0.25) is 0 Å². The van der Waals surface area contributed by atoms with Gasteiger partial charge < -0.3 is 10.1 Å². The molecule has 0 aliphatic carbocycles. The third kappa shape index (κ3) is 3.16. The van der Waals surface area contributed by atoms with Crippen molar-refractivity contribution in [2.45, 2.75) is 34.1 Å². The third-order valence-corrected chi connectivity index (χ3v) is 5.04. The Morgan fingerprint density at radius 2 is 2.08 bits per heavy atom. The minimum absolute atomic E-state index is 0.764. The van der Waals surface area contributed by atoms with Crippen LogP contribution in [0.3, 0.4) is 0 Å². The number of fused-ring (bicyclic) bond motifs is 1. The number of thiophene rings is 1. The predicted octanol–water partition coefficient (Wildman–Crippen LogP) is 4.22. The normalized spacial score (nSPS) is 11.3. The number of anilines is 1. The molecule has 0 atom stereocenters. The molecule has 0 aliphatic rings. The lowest BCUT2D eigenvalue weighted by Crippen LogP contribution is -2.12. The number of rotatable bonds is 7. The van der Waals surface area contributed by atoms with E-state index in [1.807, 2.05) is 18.4 Å². The van der Waals surface area contributed by atoms with Crippen molar-refractivity contribution in [1.82, 2.24) is 14.6 Å². The molecule has 0 unspecified atom stereocenters. The van der Waals surface area contributed by atoms with Crippen LogP contribution in [0.4, 0.5) is 5.82 Å². The zero-order valence-corrected chi connectivity index (χ0v) is 15.5. The first kappa shape index (κ1) is 16.9. The van der Waals surface area contributed by atoms with Crippen LogP contribution in [0, 0.1) is 20.8 Å². The van der Waals surface area contributed by atoms with Gasteiger partial charge in [0.25, 0.3) is 0 Å². The average molecular weight is 344 g/mol. The zero-order valence-electron chi connectivity index (χ0n) is 14.7. The van der Waals surface area contributed by atoms with E-state index in [1.54, 1.807) is 11.3 Å². The molecule has 0 radical (unpaired) electrons. The number of ether oxygens (including phenoxy) is 1. The van der Waals surface area contributed by atoms with E-state index in [4.69, 9.17) is 14.8 Å². The first-order chi connectivity index (χ1) is 11.6. The van der Waals surface area contributed by atoms with Gasteiger partial charge in [-0.25, -0.2) is 4.98 Å². The van der Waals surface area contributed by atoms with Gasteiger partial charge in [-0.05, 0) is 45.6 Å². The van der Waals surface area contributed by atoms with E-state index in [1.165, 1.54) is 4.88 Å². The molecule has 3 aromatic rings. The maximum atomic E-state index is 5.41. The lowest BCUT2D eigenvalue weighted by molar-refractivity contribution is 0.147. The predicted molar refractivity (Wildman–Crippen MR) is 100 cm³/mol. The van der Waals surface area contributed by atoms with Crippen molar-refractivity contribution in [3.8, 4) is 10.4 Å². The van der Waals surface area contributed by atoms with E-state index in [9.17, 15) is 0 Å². The van der Waals surface area contributed by atoms with Crippen molar-refractivity contribution in [2.75, 3.05) is 25.1 Å². The fourth-order valence-corrected chi connectivity index (χ4v) is 3.61. The first-order valence-corrected chi connectivity index (χ1v) is 9.23. The van der Waals surface area contributed by atoms with E-state index in [-0.39, 0.29) is 0 Å². The molecule has 0 amide bonds. The zero-order chi connectivity index (χ0) is 17.1. The molecule has 6 heteroatoms. The molecule has 0 bridgehead atoms. The van der Waals surface area contributed by atoms with E-state index >= 15 is 0 Å². The van der Waals surface area contributed by atoms with Crippen LogP contribution in [0.25, 0.3) is 16.1 Å². The summed E-state index contributed by atoms with van der Waals surface area (Å²) in [6.07, 6.45) is 0.966. The summed E-state index contributed by atoms with van der Waals surface area (Å²) in [5, 5.41) is 10.4. The maximum Gasteiger partial charge on any atom is 0.166 e. The minimum atomic E-state index is 0.764. The van der Waals surface area contributed by atoms with Crippen molar-refractivity contribution in [3.63, 3.8) is 0 Å². The first-order valence-electron chi connectivity index (χ1n) is 8.35. The molecule has 0 fully saturated rings. The monoisotopic (exact) mass is 344 g/mol. The summed E-state index contributed by atoms with van der Waals surface area (Å²) in [6.45, 7) is 10.6. The Labute approximate surface area is 146 Å². The lowest BCUT2D eigenvalue weighted by atomic mass is 10.2. The van der Waals surface area contributed by atoms with Gasteiger partial charge in [0.15, 0.2) is 5.65 Å². The molecule has 3 heterocycles. The quantitative estimate of drug-likeness (QED) is 0.652. The Balaban J connectivity index is 1.99. The van der Waals surface area contributed by atoms with Crippen molar-refractivity contribution >= 4 is 22.8 Å². The summed E-state index contributed by atoms with van der Waals surface area (Å²) < 4.78 is 7.36. The highest BCUT2D eigenvalue weighted by molar-refractivity contribution is 7.13. The number of hydrogen-bond acceptors (Lipinski definition) is 5. The maximum absolute atomic E-state index is 5.41. The Hall–Kier alpha value is -1.92. The number of aromatic nitrogens is 3. The fourth-order valence-electron chi connectivity index (χ4n) is 2.79. The Kier molecular flexibility index (Phi) is 5.16. The minimum Gasteiger partial charge on any atom is -0.382 e. The van der Waals surface area contributed by atoms with Crippen LogP contribution in [-0.2, 0) is 4.74 Å². The molecule has 0 saturated carbocycles. The van der Waals surface area contributed by atoms with Gasteiger partial charge in [0.1, 0.15) is 5.82 Å². The largest absolute Gasteiger partial charge is 0.382 e. The van der Waals surface area contributed by atoms with Crippen molar-refractivity contribution < 1.29 is 4.74 Å². The van der Waals surface area contributed by atoms with Crippen molar-refractivity contribution in [3.05, 3.63) is 34.5 Å². The molecule has 0 saturated heterocycles. The molecule has 5 nitrogen and oxygen atoms in total. The number of nitrogens with one attached hydrogen (secondary N) is 1. The topological polar surface area (TPSA) is 51.5 Å². The smallest absolute Gasteiger partial charge is 0.166 e. The Morgan fingerprint density at radius 1 is 1.25 bits per heavy atom. The van der Waals surface area contributed by atoms with Crippen molar-refractivity contribution in [2.24, 2.45) is 0 Å². The van der Waals surface area contributed by atoms with E-state index in [0.29, 0.717) is 0 Å². The highest BCUT2D eigenvalue weighted by atomic mass is 32.1. The molecular formula is C18H24N4OS. The van der Waals surface area contributed by atoms with Gasteiger partial charge in [-0.1, -0.05) is 6.07 Å². The van der Waals surface area contributed by atoms with E-state index < -0.39 is 0 Å². The van der Waals surface area contributed by atoms with Crippen molar-refractivity contribution in [1.29, 1.82) is 0 Å². The summed E-state index contributed by atoms with van der Waals surface area (Å²) >= 11 is 1.72. The molecule has 128 valence electrons. The van der Waals surface area contributed by atoms with Gasteiger partial charge in [-0.2, -0.15) is 9.61 Å². The lowest BCUT2D eigenvalue weighted by Gasteiger charge is -2.13. The second-order valence-corrected chi connectivity index (χ2v) is 6.77. The van der Waals surface area contributed by atoms with Gasteiger partial charge >= 0.3 is 0 Å². The highest BCUT2D eigenvalue weighted by Crippen LogP contribution is 2.33. The molecule has 0 spiro atoms. The van der Waals surface area contributed by atoms with E-state index in [0.717, 1.165) is 60.2 Å². The fraction of sp³-hybridized carbons (Fsp3) is 0.444. The molecule has 0 aliphatic heterocycles. The number of aryl methyl sites for hydroxylation is 2. The second-order valence-electron chi connectivity index (χ2n) is 5.82. The van der Waals surface area contributed by atoms with Gasteiger partial charge in [-0.3, -0.25) is 0 Å². The molecule has 3 rings (SSSR count). The molecule has 0 aromatic carbocycles. The number of hydrogen-bond donors (Lipinski definition) is 1. The van der Waals surface area contributed by atoms with Crippen LogP contribution >= 0.6 is 11.3 Å². The average Bonchev–Trinajstić information content (AvgIpc) is 3.17. The molecule has 24 heavy (non-hydrogen) atoms.